The van der Waals surface area contributed by atoms with Crippen LogP contribution in [-0.4, -0.2) is 51.7 Å². The SMILES string of the molecule is O=C(O)c1ccc(C(=O)O)c(OCC(O)CO)c1. The van der Waals surface area contributed by atoms with E-state index in [0.717, 1.165) is 18.2 Å². The maximum atomic E-state index is 10.9. The Labute approximate surface area is 102 Å². The number of hydrogen-bond acceptors (Lipinski definition) is 5. The molecule has 0 bridgehead atoms. The summed E-state index contributed by atoms with van der Waals surface area (Å²) in [6.45, 7) is -0.874. The maximum Gasteiger partial charge on any atom is 0.339 e. The van der Waals surface area contributed by atoms with Crippen LogP contribution >= 0.6 is 0 Å². The van der Waals surface area contributed by atoms with E-state index in [1.807, 2.05) is 0 Å². The van der Waals surface area contributed by atoms with E-state index in [0.29, 0.717) is 0 Å². The molecule has 0 aliphatic heterocycles. The van der Waals surface area contributed by atoms with Gasteiger partial charge in [0.1, 0.15) is 24.0 Å². The molecule has 0 amide bonds. The quantitative estimate of drug-likeness (QED) is 0.556. The van der Waals surface area contributed by atoms with Gasteiger partial charge in [-0.15, -0.1) is 0 Å². The van der Waals surface area contributed by atoms with Crippen LogP contribution in [0.1, 0.15) is 20.7 Å². The minimum absolute atomic E-state index is 0.131. The number of aliphatic hydroxyl groups excluding tert-OH is 2. The standard InChI is InChI=1S/C11H12O7/c12-4-7(13)5-18-9-3-6(10(14)15)1-2-8(9)11(16)17/h1-3,7,12-13H,4-5H2,(H,14,15)(H,16,17). The van der Waals surface area contributed by atoms with E-state index >= 15 is 0 Å². The van der Waals surface area contributed by atoms with Gasteiger partial charge in [0.15, 0.2) is 0 Å². The molecule has 0 aliphatic rings. The normalized spacial score (nSPS) is 11.9. The van der Waals surface area contributed by atoms with Crippen LogP contribution in [0.3, 0.4) is 0 Å². The van der Waals surface area contributed by atoms with Crippen molar-refractivity contribution in [1.29, 1.82) is 0 Å². The summed E-state index contributed by atoms with van der Waals surface area (Å²) in [4.78, 5) is 21.6. The van der Waals surface area contributed by atoms with Crippen LogP contribution < -0.4 is 4.74 Å². The third kappa shape index (κ3) is 3.44. The monoisotopic (exact) mass is 256 g/mol. The van der Waals surface area contributed by atoms with Gasteiger partial charge in [0.25, 0.3) is 0 Å². The second kappa shape index (κ2) is 5.99. The van der Waals surface area contributed by atoms with Crippen molar-refractivity contribution in [2.45, 2.75) is 6.10 Å². The molecule has 4 N–H and O–H groups in total. The summed E-state index contributed by atoms with van der Waals surface area (Å²) < 4.78 is 4.99. The van der Waals surface area contributed by atoms with Gasteiger partial charge < -0.3 is 25.2 Å². The zero-order valence-corrected chi connectivity index (χ0v) is 9.24. The Hall–Kier alpha value is -2.12. The zero-order chi connectivity index (χ0) is 13.7. The summed E-state index contributed by atoms with van der Waals surface area (Å²) in [5.41, 5.74) is -0.348. The van der Waals surface area contributed by atoms with Gasteiger partial charge in [-0.2, -0.15) is 0 Å². The van der Waals surface area contributed by atoms with E-state index in [9.17, 15) is 9.59 Å². The van der Waals surface area contributed by atoms with E-state index < -0.39 is 24.6 Å². The highest BCUT2D eigenvalue weighted by Gasteiger charge is 2.15. The summed E-state index contributed by atoms with van der Waals surface area (Å²) in [6, 6.07) is 3.30. The van der Waals surface area contributed by atoms with E-state index in [1.54, 1.807) is 0 Å². The minimum atomic E-state index is -1.28. The highest BCUT2D eigenvalue weighted by Crippen LogP contribution is 2.21. The first-order valence-corrected chi connectivity index (χ1v) is 4.98. The van der Waals surface area contributed by atoms with Gasteiger partial charge in [0.05, 0.1) is 12.2 Å². The Bertz CT molecular complexity index is 455. The number of benzene rings is 1. The zero-order valence-electron chi connectivity index (χ0n) is 9.24. The average Bonchev–Trinajstić information content (AvgIpc) is 2.35. The maximum absolute atomic E-state index is 10.9. The Morgan fingerprint density at radius 1 is 1.22 bits per heavy atom. The van der Waals surface area contributed by atoms with Gasteiger partial charge in [-0.1, -0.05) is 0 Å². The Morgan fingerprint density at radius 2 is 1.89 bits per heavy atom. The van der Waals surface area contributed by atoms with E-state index in [-0.39, 0.29) is 23.5 Å². The van der Waals surface area contributed by atoms with Gasteiger partial charge in [-0.05, 0) is 18.2 Å². The van der Waals surface area contributed by atoms with Crippen molar-refractivity contribution in [2.24, 2.45) is 0 Å². The molecule has 0 fully saturated rings. The van der Waals surface area contributed by atoms with Gasteiger partial charge in [0.2, 0.25) is 0 Å². The molecule has 1 rings (SSSR count). The third-order valence-corrected chi connectivity index (χ3v) is 2.10. The second-order valence-electron chi connectivity index (χ2n) is 3.47. The molecule has 1 unspecified atom stereocenters. The van der Waals surface area contributed by atoms with Crippen molar-refractivity contribution in [3.05, 3.63) is 29.3 Å². The number of hydrogen-bond donors (Lipinski definition) is 4. The molecule has 0 radical (unpaired) electrons. The van der Waals surface area contributed by atoms with Gasteiger partial charge in [-0.25, -0.2) is 9.59 Å². The smallest absolute Gasteiger partial charge is 0.339 e. The van der Waals surface area contributed by atoms with E-state index in [4.69, 9.17) is 25.2 Å². The fourth-order valence-electron chi connectivity index (χ4n) is 1.19. The van der Waals surface area contributed by atoms with Crippen molar-refractivity contribution in [3.63, 3.8) is 0 Å². The van der Waals surface area contributed by atoms with Gasteiger partial charge in [0, 0.05) is 0 Å². The molecule has 98 valence electrons. The van der Waals surface area contributed by atoms with Crippen molar-refractivity contribution >= 4 is 11.9 Å². The number of carboxylic acids is 2. The van der Waals surface area contributed by atoms with Crippen LogP contribution in [-0.2, 0) is 0 Å². The van der Waals surface area contributed by atoms with Crippen LogP contribution in [0.5, 0.6) is 5.75 Å². The predicted molar refractivity (Wildman–Crippen MR) is 58.9 cm³/mol. The molecular formula is C11H12O7. The van der Waals surface area contributed by atoms with Crippen LogP contribution in [0.25, 0.3) is 0 Å². The third-order valence-electron chi connectivity index (χ3n) is 2.10. The molecule has 1 aromatic rings. The molecule has 1 atom stereocenters. The topological polar surface area (TPSA) is 124 Å². The van der Waals surface area contributed by atoms with E-state index in [2.05, 4.69) is 0 Å². The molecule has 7 nitrogen and oxygen atoms in total. The molecule has 0 aromatic heterocycles. The molecule has 0 spiro atoms. The first-order chi connectivity index (χ1) is 8.45. The Morgan fingerprint density at radius 3 is 2.39 bits per heavy atom. The van der Waals surface area contributed by atoms with Crippen LogP contribution in [0.2, 0.25) is 0 Å². The first-order valence-electron chi connectivity index (χ1n) is 4.98. The molecule has 1 aromatic carbocycles. The molecular weight excluding hydrogens is 244 g/mol. The van der Waals surface area contributed by atoms with Crippen molar-refractivity contribution in [2.75, 3.05) is 13.2 Å². The van der Waals surface area contributed by atoms with Crippen LogP contribution in [0.15, 0.2) is 18.2 Å². The Kier molecular flexibility index (Phi) is 4.64. The van der Waals surface area contributed by atoms with Gasteiger partial charge >= 0.3 is 11.9 Å². The summed E-state index contributed by atoms with van der Waals surface area (Å²) in [5, 5.41) is 35.3. The number of aromatic carboxylic acids is 2. The van der Waals surface area contributed by atoms with Crippen molar-refractivity contribution in [1.82, 2.24) is 0 Å². The number of carbonyl (C=O) groups is 2. The van der Waals surface area contributed by atoms with Crippen LogP contribution in [0.4, 0.5) is 0 Å². The lowest BCUT2D eigenvalue weighted by atomic mass is 10.1. The molecule has 0 saturated heterocycles. The predicted octanol–water partition coefficient (Wildman–Crippen LogP) is -0.185. The number of carboxylic acid groups (broad SMARTS) is 2. The highest BCUT2D eigenvalue weighted by atomic mass is 16.5. The highest BCUT2D eigenvalue weighted by molar-refractivity contribution is 5.94. The lowest BCUT2D eigenvalue weighted by Gasteiger charge is -2.12. The first kappa shape index (κ1) is 13.9. The molecule has 0 heterocycles. The number of rotatable bonds is 6. The molecule has 7 heteroatoms. The number of ether oxygens (including phenoxy) is 1. The lowest BCUT2D eigenvalue weighted by Crippen LogP contribution is -2.22. The van der Waals surface area contributed by atoms with E-state index in [1.165, 1.54) is 0 Å². The summed E-state index contributed by atoms with van der Waals surface area (Å²) in [5.74, 6) is -2.67. The van der Waals surface area contributed by atoms with Gasteiger partial charge in [-0.3, -0.25) is 0 Å². The van der Waals surface area contributed by atoms with Crippen molar-refractivity contribution in [3.8, 4) is 5.75 Å². The van der Waals surface area contributed by atoms with Crippen LogP contribution in [0, 0.1) is 0 Å². The summed E-state index contributed by atoms with van der Waals surface area (Å²) in [6.07, 6.45) is -1.17. The minimum Gasteiger partial charge on any atom is -0.490 e. The summed E-state index contributed by atoms with van der Waals surface area (Å²) in [7, 11) is 0. The molecule has 0 saturated carbocycles. The molecule has 0 aliphatic carbocycles. The fraction of sp³-hybridized carbons (Fsp3) is 0.273. The average molecular weight is 256 g/mol. The lowest BCUT2D eigenvalue weighted by molar-refractivity contribution is 0.0517. The largest absolute Gasteiger partial charge is 0.490 e. The Balaban J connectivity index is 3.00. The van der Waals surface area contributed by atoms with Crippen molar-refractivity contribution < 1.29 is 34.8 Å². The second-order valence-corrected chi connectivity index (χ2v) is 3.47. The fourth-order valence-corrected chi connectivity index (χ4v) is 1.19. The number of aliphatic hydroxyl groups is 2. The summed E-state index contributed by atoms with van der Waals surface area (Å²) >= 11 is 0. The molecule has 18 heavy (non-hydrogen) atoms.